The van der Waals surface area contributed by atoms with Gasteiger partial charge in [0.1, 0.15) is 11.3 Å². The minimum Gasteiger partial charge on any atom is -0.444 e. The van der Waals surface area contributed by atoms with E-state index >= 15 is 0 Å². The van der Waals surface area contributed by atoms with Gasteiger partial charge in [0, 0.05) is 29.9 Å². The molecule has 2 aromatic heterocycles. The lowest BCUT2D eigenvalue weighted by atomic mass is 10.1. The Morgan fingerprint density at radius 2 is 1.92 bits per heavy atom. The fourth-order valence-electron chi connectivity index (χ4n) is 4.47. The number of carbonyl (C=O) groups is 2. The zero-order valence-corrected chi connectivity index (χ0v) is 22.2. The van der Waals surface area contributed by atoms with Gasteiger partial charge < -0.3 is 20.3 Å². The van der Waals surface area contributed by atoms with E-state index in [1.807, 2.05) is 63.2 Å². The number of halogens is 1. The first-order valence-electron chi connectivity index (χ1n) is 12.4. The topological polar surface area (TPSA) is 101 Å². The molecule has 1 fully saturated rings. The molecule has 38 heavy (non-hydrogen) atoms. The Morgan fingerprint density at radius 1 is 1.11 bits per heavy atom. The molecule has 2 aromatic carbocycles. The summed E-state index contributed by atoms with van der Waals surface area (Å²) in [5, 5.41) is 10.9. The van der Waals surface area contributed by atoms with Crippen LogP contribution >= 0.6 is 11.6 Å². The largest absolute Gasteiger partial charge is 0.444 e. The van der Waals surface area contributed by atoms with Crippen molar-refractivity contribution in [3.8, 4) is 11.1 Å². The number of hydrogen-bond acceptors (Lipinski definition) is 6. The second kappa shape index (κ2) is 10.3. The lowest BCUT2D eigenvalue weighted by molar-refractivity contribution is 0.0509. The van der Waals surface area contributed by atoms with Gasteiger partial charge in [-0.25, -0.2) is 14.3 Å². The summed E-state index contributed by atoms with van der Waals surface area (Å²) in [6.45, 7) is 6.85. The minimum atomic E-state index is -0.553. The van der Waals surface area contributed by atoms with Gasteiger partial charge in [-0.3, -0.25) is 4.79 Å². The van der Waals surface area contributed by atoms with E-state index in [1.54, 1.807) is 29.0 Å². The number of alkyl carbamates (subject to hydrolysis) is 1. The third kappa shape index (κ3) is 5.73. The van der Waals surface area contributed by atoms with Gasteiger partial charge in [-0.05, 0) is 63.1 Å². The monoisotopic (exact) mass is 532 g/mol. The molecule has 0 bridgehead atoms. The summed E-state index contributed by atoms with van der Waals surface area (Å²) in [6, 6.07) is 16.6. The number of para-hydroxylation sites is 2. The third-order valence-electron chi connectivity index (χ3n) is 6.14. The molecule has 2 N–H and O–H groups in total. The van der Waals surface area contributed by atoms with Crippen LogP contribution in [-0.4, -0.2) is 51.3 Å². The molecule has 1 saturated heterocycles. The number of amides is 2. The van der Waals surface area contributed by atoms with Crippen LogP contribution in [0, 0.1) is 0 Å². The van der Waals surface area contributed by atoms with Crippen molar-refractivity contribution >= 4 is 40.6 Å². The standard InChI is InChI=1S/C28H29ClN6O3/c1-28(2,3)38-27(37)31-20-11-13-34(17-20)24-10-5-4-9-22(24)33-26(36)23-12-14-35-25(32-23)21(16-30-35)18-7-6-8-19(29)15-18/h4-10,12,14-16,20H,11,13,17H2,1-3H3,(H,31,37)(H,33,36). The zero-order valence-electron chi connectivity index (χ0n) is 21.4. The molecule has 10 heteroatoms. The van der Waals surface area contributed by atoms with Crippen molar-refractivity contribution in [3.63, 3.8) is 0 Å². The highest BCUT2D eigenvalue weighted by atomic mass is 35.5. The molecule has 1 atom stereocenters. The molecule has 1 aliphatic rings. The predicted octanol–water partition coefficient (Wildman–Crippen LogP) is 5.41. The molecule has 0 saturated carbocycles. The van der Waals surface area contributed by atoms with Crippen molar-refractivity contribution in [3.05, 3.63) is 77.7 Å². The number of ether oxygens (including phenoxy) is 1. The third-order valence-corrected chi connectivity index (χ3v) is 6.37. The van der Waals surface area contributed by atoms with Gasteiger partial charge >= 0.3 is 6.09 Å². The molecular formula is C28H29ClN6O3. The molecule has 2 amide bonds. The van der Waals surface area contributed by atoms with Crippen molar-refractivity contribution in [1.82, 2.24) is 19.9 Å². The van der Waals surface area contributed by atoms with Gasteiger partial charge in [-0.15, -0.1) is 0 Å². The molecular weight excluding hydrogens is 504 g/mol. The van der Waals surface area contributed by atoms with Crippen molar-refractivity contribution in [2.75, 3.05) is 23.3 Å². The van der Waals surface area contributed by atoms with Crippen LogP contribution in [0.4, 0.5) is 16.2 Å². The molecule has 1 aliphatic heterocycles. The number of nitrogens with zero attached hydrogens (tertiary/aromatic N) is 4. The average Bonchev–Trinajstić information content (AvgIpc) is 3.50. The molecule has 0 spiro atoms. The fourth-order valence-corrected chi connectivity index (χ4v) is 4.66. The summed E-state index contributed by atoms with van der Waals surface area (Å²) in [5.41, 5.74) is 3.46. The summed E-state index contributed by atoms with van der Waals surface area (Å²) in [4.78, 5) is 32.2. The van der Waals surface area contributed by atoms with Crippen LogP contribution in [0.5, 0.6) is 0 Å². The molecule has 0 aliphatic carbocycles. The quantitative estimate of drug-likeness (QED) is 0.356. The lowest BCUT2D eigenvalue weighted by Gasteiger charge is -2.23. The molecule has 9 nitrogen and oxygen atoms in total. The Labute approximate surface area is 225 Å². The maximum atomic E-state index is 13.3. The Hall–Kier alpha value is -4.11. The Morgan fingerprint density at radius 3 is 2.71 bits per heavy atom. The maximum absolute atomic E-state index is 13.3. The van der Waals surface area contributed by atoms with Gasteiger partial charge in [0.2, 0.25) is 0 Å². The summed E-state index contributed by atoms with van der Waals surface area (Å²) >= 11 is 6.17. The first kappa shape index (κ1) is 25.5. The van der Waals surface area contributed by atoms with E-state index in [9.17, 15) is 9.59 Å². The van der Waals surface area contributed by atoms with Crippen molar-refractivity contribution in [2.24, 2.45) is 0 Å². The first-order valence-corrected chi connectivity index (χ1v) is 12.8. The van der Waals surface area contributed by atoms with Crippen molar-refractivity contribution in [2.45, 2.75) is 38.8 Å². The number of benzene rings is 2. The van der Waals surface area contributed by atoms with Crippen LogP contribution in [0.3, 0.4) is 0 Å². The van der Waals surface area contributed by atoms with Gasteiger partial charge in [-0.2, -0.15) is 5.10 Å². The fraction of sp³-hybridized carbons (Fsp3) is 0.286. The van der Waals surface area contributed by atoms with E-state index in [2.05, 4.69) is 25.6 Å². The zero-order chi connectivity index (χ0) is 26.9. The highest BCUT2D eigenvalue weighted by Crippen LogP contribution is 2.30. The SMILES string of the molecule is CC(C)(C)OC(=O)NC1CCN(c2ccccc2NC(=O)c2ccn3ncc(-c4cccc(Cl)c4)c3n2)C1. The highest BCUT2D eigenvalue weighted by molar-refractivity contribution is 6.30. The smallest absolute Gasteiger partial charge is 0.407 e. The molecule has 0 radical (unpaired) electrons. The number of carbonyl (C=O) groups excluding carboxylic acids is 2. The number of aromatic nitrogens is 3. The molecule has 1 unspecified atom stereocenters. The number of fused-ring (bicyclic) bond motifs is 1. The van der Waals surface area contributed by atoms with E-state index in [-0.39, 0.29) is 17.6 Å². The Balaban J connectivity index is 1.32. The first-order chi connectivity index (χ1) is 18.2. The van der Waals surface area contributed by atoms with E-state index in [1.165, 1.54) is 0 Å². The van der Waals surface area contributed by atoms with E-state index in [4.69, 9.17) is 16.3 Å². The number of rotatable bonds is 5. The van der Waals surface area contributed by atoms with Gasteiger partial charge in [0.25, 0.3) is 5.91 Å². The van der Waals surface area contributed by atoms with Crippen LogP contribution < -0.4 is 15.5 Å². The molecule has 196 valence electrons. The number of anilines is 2. The number of nitrogens with one attached hydrogen (secondary N) is 2. The second-order valence-electron chi connectivity index (χ2n) is 10.2. The average molecular weight is 533 g/mol. The summed E-state index contributed by atoms with van der Waals surface area (Å²) in [5.74, 6) is -0.333. The van der Waals surface area contributed by atoms with Gasteiger partial charge in [0.15, 0.2) is 5.65 Å². The molecule has 4 aromatic rings. The van der Waals surface area contributed by atoms with E-state index in [0.29, 0.717) is 22.9 Å². The Bertz CT molecular complexity index is 1500. The van der Waals surface area contributed by atoms with Gasteiger partial charge in [-0.1, -0.05) is 35.9 Å². The van der Waals surface area contributed by atoms with Gasteiger partial charge in [0.05, 0.1) is 23.6 Å². The molecule has 3 heterocycles. The number of hydrogen-bond donors (Lipinski definition) is 2. The van der Waals surface area contributed by atoms with Crippen LogP contribution in [-0.2, 0) is 4.74 Å². The summed E-state index contributed by atoms with van der Waals surface area (Å²) < 4.78 is 7.02. The van der Waals surface area contributed by atoms with Crippen LogP contribution in [0.25, 0.3) is 16.8 Å². The second-order valence-corrected chi connectivity index (χ2v) is 10.6. The van der Waals surface area contributed by atoms with E-state index in [0.717, 1.165) is 29.8 Å². The van der Waals surface area contributed by atoms with Crippen LogP contribution in [0.2, 0.25) is 5.02 Å². The summed E-state index contributed by atoms with van der Waals surface area (Å²) in [6.07, 6.45) is 3.77. The molecule has 5 rings (SSSR count). The lowest BCUT2D eigenvalue weighted by Crippen LogP contribution is -2.40. The van der Waals surface area contributed by atoms with E-state index < -0.39 is 11.7 Å². The maximum Gasteiger partial charge on any atom is 0.407 e. The summed E-state index contributed by atoms with van der Waals surface area (Å²) in [7, 11) is 0. The van der Waals surface area contributed by atoms with Crippen molar-refractivity contribution in [1.29, 1.82) is 0 Å². The van der Waals surface area contributed by atoms with Crippen molar-refractivity contribution < 1.29 is 14.3 Å². The van der Waals surface area contributed by atoms with Crippen LogP contribution in [0.15, 0.2) is 67.0 Å². The normalized spacial score (nSPS) is 15.5. The predicted molar refractivity (Wildman–Crippen MR) is 148 cm³/mol. The minimum absolute atomic E-state index is 0.0514. The highest BCUT2D eigenvalue weighted by Gasteiger charge is 2.28. The van der Waals surface area contributed by atoms with Crippen LogP contribution in [0.1, 0.15) is 37.7 Å². The Kier molecular flexibility index (Phi) is 6.94.